The van der Waals surface area contributed by atoms with Crippen LogP contribution in [-0.2, 0) is 9.59 Å². The molecule has 2 heterocycles. The van der Waals surface area contributed by atoms with Crippen LogP contribution < -0.4 is 0 Å². The third-order valence-electron chi connectivity index (χ3n) is 3.41. The average molecular weight is 390 g/mol. The molecule has 1 aliphatic heterocycles. The van der Waals surface area contributed by atoms with Crippen molar-refractivity contribution in [1.29, 1.82) is 0 Å². The maximum Gasteiger partial charge on any atom is 0.323 e. The van der Waals surface area contributed by atoms with Crippen LogP contribution in [0.4, 0.5) is 5.69 Å². The summed E-state index contributed by atoms with van der Waals surface area (Å²) in [6.07, 6.45) is 1.46. The number of furan rings is 1. The number of nitrogens with zero attached hydrogens (tertiary/aromatic N) is 2. The van der Waals surface area contributed by atoms with Crippen LogP contribution in [0.15, 0.2) is 45.7 Å². The number of hydrogen-bond acceptors (Lipinski definition) is 7. The molecule has 1 fully saturated rings. The van der Waals surface area contributed by atoms with Crippen molar-refractivity contribution in [3.63, 3.8) is 0 Å². The molecular weight excluding hydrogens is 380 g/mol. The number of carbonyl (C=O) groups is 2. The van der Waals surface area contributed by atoms with Gasteiger partial charge in [-0.25, -0.2) is 0 Å². The van der Waals surface area contributed by atoms with Crippen LogP contribution in [0.5, 0.6) is 0 Å². The molecule has 10 heteroatoms. The standard InChI is InChI=1S/C16H10N2O6S2/c19-14(20)8-17-15(21)13(26-16(17)25)7-11-4-5-12(24-11)9-2-1-3-10(6-9)18(22)23/h1-7H,8H2,(H,19,20). The number of amides is 1. The second-order valence-electron chi connectivity index (χ2n) is 5.17. The lowest BCUT2D eigenvalue weighted by atomic mass is 10.1. The minimum Gasteiger partial charge on any atom is -0.480 e. The Kier molecular flexibility index (Phi) is 4.87. The number of aliphatic carboxylic acids is 1. The summed E-state index contributed by atoms with van der Waals surface area (Å²) >= 11 is 6.01. The van der Waals surface area contributed by atoms with Crippen molar-refractivity contribution in [2.24, 2.45) is 0 Å². The molecule has 0 bridgehead atoms. The molecule has 1 amide bonds. The van der Waals surface area contributed by atoms with Crippen LogP contribution in [0.3, 0.4) is 0 Å². The minimum absolute atomic E-state index is 0.0602. The van der Waals surface area contributed by atoms with Crippen molar-refractivity contribution in [3.8, 4) is 11.3 Å². The van der Waals surface area contributed by atoms with Crippen molar-refractivity contribution < 1.29 is 24.0 Å². The molecule has 0 aliphatic carbocycles. The number of carboxylic acids is 1. The summed E-state index contributed by atoms with van der Waals surface area (Å²) < 4.78 is 5.78. The maximum absolute atomic E-state index is 12.2. The van der Waals surface area contributed by atoms with Gasteiger partial charge >= 0.3 is 5.97 Å². The molecule has 1 aromatic heterocycles. The molecule has 1 aromatic carbocycles. The van der Waals surface area contributed by atoms with Crippen LogP contribution in [0, 0.1) is 10.1 Å². The molecule has 3 rings (SSSR count). The lowest BCUT2D eigenvalue weighted by Gasteiger charge is -2.09. The molecule has 0 atom stereocenters. The quantitative estimate of drug-likeness (QED) is 0.358. The van der Waals surface area contributed by atoms with E-state index in [9.17, 15) is 19.7 Å². The van der Waals surface area contributed by atoms with E-state index in [4.69, 9.17) is 21.7 Å². The highest BCUT2D eigenvalue weighted by Crippen LogP contribution is 2.33. The molecule has 26 heavy (non-hydrogen) atoms. The average Bonchev–Trinajstić information content (AvgIpc) is 3.15. The van der Waals surface area contributed by atoms with E-state index in [1.165, 1.54) is 18.2 Å². The second-order valence-corrected chi connectivity index (χ2v) is 6.85. The number of carbonyl (C=O) groups excluding carboxylic acids is 1. The van der Waals surface area contributed by atoms with E-state index >= 15 is 0 Å². The molecule has 1 aliphatic rings. The van der Waals surface area contributed by atoms with Crippen LogP contribution in [0.2, 0.25) is 0 Å². The number of carboxylic acid groups (broad SMARTS) is 1. The van der Waals surface area contributed by atoms with Gasteiger partial charge in [0.2, 0.25) is 0 Å². The van der Waals surface area contributed by atoms with E-state index in [0.717, 1.165) is 16.7 Å². The van der Waals surface area contributed by atoms with Gasteiger partial charge in [0.1, 0.15) is 22.4 Å². The van der Waals surface area contributed by atoms with E-state index in [-0.39, 0.29) is 14.9 Å². The third-order valence-corrected chi connectivity index (χ3v) is 4.79. The van der Waals surface area contributed by atoms with E-state index in [2.05, 4.69) is 0 Å². The van der Waals surface area contributed by atoms with Crippen molar-refractivity contribution >= 4 is 51.9 Å². The molecule has 0 unspecified atom stereocenters. The number of nitro groups is 1. The van der Waals surface area contributed by atoms with Crippen LogP contribution >= 0.6 is 24.0 Å². The van der Waals surface area contributed by atoms with Crippen LogP contribution in [-0.4, -0.2) is 37.7 Å². The summed E-state index contributed by atoms with van der Waals surface area (Å²) in [4.78, 5) is 34.6. The Morgan fingerprint density at radius 2 is 2.15 bits per heavy atom. The first-order valence-corrected chi connectivity index (χ1v) is 8.39. The Morgan fingerprint density at radius 1 is 1.38 bits per heavy atom. The zero-order chi connectivity index (χ0) is 18.8. The first-order valence-electron chi connectivity index (χ1n) is 7.17. The highest BCUT2D eigenvalue weighted by Gasteiger charge is 2.33. The van der Waals surface area contributed by atoms with Gasteiger partial charge in [-0.1, -0.05) is 36.1 Å². The Bertz CT molecular complexity index is 965. The number of non-ortho nitro benzene ring substituents is 1. The smallest absolute Gasteiger partial charge is 0.323 e. The molecule has 8 nitrogen and oxygen atoms in total. The summed E-state index contributed by atoms with van der Waals surface area (Å²) in [5.41, 5.74) is 0.465. The summed E-state index contributed by atoms with van der Waals surface area (Å²) in [5.74, 6) is -0.910. The lowest BCUT2D eigenvalue weighted by Crippen LogP contribution is -2.33. The van der Waals surface area contributed by atoms with Crippen molar-refractivity contribution in [2.75, 3.05) is 6.54 Å². The number of thiocarbonyl (C=S) groups is 1. The van der Waals surface area contributed by atoms with Crippen molar-refractivity contribution in [3.05, 3.63) is 57.2 Å². The van der Waals surface area contributed by atoms with Crippen molar-refractivity contribution in [1.82, 2.24) is 4.90 Å². The molecule has 0 spiro atoms. The first kappa shape index (κ1) is 17.8. The fraction of sp³-hybridized carbons (Fsp3) is 0.0625. The summed E-state index contributed by atoms with van der Waals surface area (Å²) in [7, 11) is 0. The van der Waals surface area contributed by atoms with Crippen LogP contribution in [0.25, 0.3) is 17.4 Å². The lowest BCUT2D eigenvalue weighted by molar-refractivity contribution is -0.384. The number of rotatable bonds is 5. The maximum atomic E-state index is 12.2. The summed E-state index contributed by atoms with van der Waals surface area (Å²) in [6.45, 7) is -0.501. The first-order chi connectivity index (χ1) is 12.3. The van der Waals surface area contributed by atoms with E-state index in [0.29, 0.717) is 17.1 Å². The zero-order valence-corrected chi connectivity index (χ0v) is 14.6. The minimum atomic E-state index is -1.16. The van der Waals surface area contributed by atoms with Gasteiger partial charge in [0.05, 0.1) is 9.83 Å². The molecule has 1 saturated heterocycles. The largest absolute Gasteiger partial charge is 0.480 e. The van der Waals surface area contributed by atoms with E-state index < -0.39 is 23.3 Å². The highest BCUT2D eigenvalue weighted by atomic mass is 32.2. The zero-order valence-electron chi connectivity index (χ0n) is 12.9. The van der Waals surface area contributed by atoms with Gasteiger partial charge in [-0.3, -0.25) is 24.6 Å². The number of hydrogen-bond donors (Lipinski definition) is 1. The Labute approximate surface area is 156 Å². The summed E-state index contributed by atoms with van der Waals surface area (Å²) in [5, 5.41) is 19.7. The number of thioether (sulfide) groups is 1. The van der Waals surface area contributed by atoms with E-state index in [1.54, 1.807) is 24.3 Å². The van der Waals surface area contributed by atoms with Gasteiger partial charge in [-0.15, -0.1) is 0 Å². The molecule has 0 radical (unpaired) electrons. The SMILES string of the molecule is O=C(O)CN1C(=O)C(=Cc2ccc(-c3cccc([N+](=O)[O-])c3)o2)SC1=S. The fourth-order valence-corrected chi connectivity index (χ4v) is 3.49. The third kappa shape index (κ3) is 3.65. The van der Waals surface area contributed by atoms with E-state index in [1.807, 2.05) is 0 Å². The Hall–Kier alpha value is -2.98. The topological polar surface area (TPSA) is 114 Å². The van der Waals surface area contributed by atoms with Crippen LogP contribution in [0.1, 0.15) is 5.76 Å². The van der Waals surface area contributed by atoms with Gasteiger partial charge in [0.15, 0.2) is 0 Å². The monoisotopic (exact) mass is 390 g/mol. The number of nitro benzene ring substituents is 1. The van der Waals surface area contributed by atoms with Gasteiger partial charge in [-0.05, 0) is 12.1 Å². The normalized spacial score (nSPS) is 15.7. The van der Waals surface area contributed by atoms with Gasteiger partial charge in [0.25, 0.3) is 11.6 Å². The molecule has 0 saturated carbocycles. The predicted octanol–water partition coefficient (Wildman–Crippen LogP) is 3.14. The molecular formula is C16H10N2O6S2. The van der Waals surface area contributed by atoms with Gasteiger partial charge < -0.3 is 9.52 Å². The Morgan fingerprint density at radius 3 is 2.85 bits per heavy atom. The Balaban J connectivity index is 1.85. The molecule has 2 aromatic rings. The molecule has 132 valence electrons. The summed E-state index contributed by atoms with van der Waals surface area (Å²) in [6, 6.07) is 9.21. The highest BCUT2D eigenvalue weighted by molar-refractivity contribution is 8.26. The number of benzene rings is 1. The second kappa shape index (κ2) is 7.10. The fourth-order valence-electron chi connectivity index (χ4n) is 2.26. The predicted molar refractivity (Wildman–Crippen MR) is 98.3 cm³/mol. The van der Waals surface area contributed by atoms with Crippen molar-refractivity contribution in [2.45, 2.75) is 0 Å². The molecule has 1 N–H and O–H groups in total. The van der Waals surface area contributed by atoms with Gasteiger partial charge in [0, 0.05) is 23.8 Å². The van der Waals surface area contributed by atoms with Gasteiger partial charge in [-0.2, -0.15) is 0 Å².